The Bertz CT molecular complexity index is 919. The highest BCUT2D eigenvalue weighted by Gasteiger charge is 2.28. The number of halogens is 2. The standard InChI is InChI=1S/C21H20Cl2N2OS/c22-17-8-18(23)10-19(9-17)27-21-20(15-2-1-3-15)16(13-26)12-25(21)11-14-4-6-24-7-5-14/h4-10,12,15,26H,1-3,11,13H2. The van der Waals surface area contributed by atoms with E-state index in [1.807, 2.05) is 36.7 Å². The third kappa shape index (κ3) is 4.19. The number of aliphatic hydroxyl groups excluding tert-OH is 1. The molecule has 1 fully saturated rings. The quantitative estimate of drug-likeness (QED) is 0.521. The van der Waals surface area contributed by atoms with E-state index in [0.717, 1.165) is 17.0 Å². The van der Waals surface area contributed by atoms with Crippen LogP contribution in [0.3, 0.4) is 0 Å². The topological polar surface area (TPSA) is 38.0 Å². The maximum Gasteiger partial charge on any atom is 0.0838 e. The van der Waals surface area contributed by atoms with Gasteiger partial charge < -0.3 is 9.67 Å². The molecule has 0 amide bonds. The van der Waals surface area contributed by atoms with Gasteiger partial charge in [-0.2, -0.15) is 0 Å². The van der Waals surface area contributed by atoms with Crippen molar-refractivity contribution >= 4 is 35.0 Å². The van der Waals surface area contributed by atoms with Crippen molar-refractivity contribution < 1.29 is 5.11 Å². The zero-order valence-corrected chi connectivity index (χ0v) is 17.1. The summed E-state index contributed by atoms with van der Waals surface area (Å²) in [6, 6.07) is 9.66. The number of pyridine rings is 1. The maximum atomic E-state index is 9.97. The van der Waals surface area contributed by atoms with Crippen LogP contribution in [-0.2, 0) is 13.2 Å². The van der Waals surface area contributed by atoms with Crippen molar-refractivity contribution in [3.8, 4) is 0 Å². The highest BCUT2D eigenvalue weighted by molar-refractivity contribution is 7.99. The summed E-state index contributed by atoms with van der Waals surface area (Å²) in [5.74, 6) is 0.517. The van der Waals surface area contributed by atoms with Crippen LogP contribution in [0.1, 0.15) is 41.9 Å². The highest BCUT2D eigenvalue weighted by atomic mass is 35.5. The summed E-state index contributed by atoms with van der Waals surface area (Å²) in [6.45, 7) is 0.790. The minimum atomic E-state index is 0.0546. The van der Waals surface area contributed by atoms with Crippen LogP contribution in [0.5, 0.6) is 0 Å². The minimum absolute atomic E-state index is 0.0546. The fourth-order valence-corrected chi connectivity index (χ4v) is 5.38. The number of aromatic nitrogens is 2. The molecule has 1 aliphatic rings. The van der Waals surface area contributed by atoms with Gasteiger partial charge in [0.15, 0.2) is 0 Å². The van der Waals surface area contributed by atoms with E-state index >= 15 is 0 Å². The fourth-order valence-electron chi connectivity index (χ4n) is 3.48. The average molecular weight is 419 g/mol. The number of rotatable bonds is 6. The van der Waals surface area contributed by atoms with E-state index < -0.39 is 0 Å². The highest BCUT2D eigenvalue weighted by Crippen LogP contribution is 2.46. The lowest BCUT2D eigenvalue weighted by atomic mass is 9.80. The van der Waals surface area contributed by atoms with Gasteiger partial charge in [-0.15, -0.1) is 0 Å². The molecule has 0 atom stereocenters. The van der Waals surface area contributed by atoms with E-state index in [-0.39, 0.29) is 6.61 Å². The van der Waals surface area contributed by atoms with Gasteiger partial charge in [0, 0.05) is 40.1 Å². The van der Waals surface area contributed by atoms with Gasteiger partial charge >= 0.3 is 0 Å². The summed E-state index contributed by atoms with van der Waals surface area (Å²) in [7, 11) is 0. The van der Waals surface area contributed by atoms with Gasteiger partial charge in [-0.3, -0.25) is 4.98 Å². The molecular weight excluding hydrogens is 399 g/mol. The second-order valence-corrected chi connectivity index (χ2v) is 8.78. The molecule has 27 heavy (non-hydrogen) atoms. The van der Waals surface area contributed by atoms with Gasteiger partial charge in [-0.05, 0) is 65.8 Å². The smallest absolute Gasteiger partial charge is 0.0838 e. The second-order valence-electron chi connectivity index (χ2n) is 6.85. The number of nitrogens with zero attached hydrogens (tertiary/aromatic N) is 2. The number of hydrogen-bond donors (Lipinski definition) is 1. The molecule has 0 saturated heterocycles. The predicted molar refractivity (Wildman–Crippen MR) is 111 cm³/mol. The average Bonchev–Trinajstić information content (AvgIpc) is 2.91. The van der Waals surface area contributed by atoms with Crippen LogP contribution in [0.15, 0.2) is 58.8 Å². The minimum Gasteiger partial charge on any atom is -0.392 e. The summed E-state index contributed by atoms with van der Waals surface area (Å²) in [5.41, 5.74) is 3.47. The van der Waals surface area contributed by atoms with Gasteiger partial charge in [0.1, 0.15) is 0 Å². The van der Waals surface area contributed by atoms with Crippen LogP contribution < -0.4 is 0 Å². The summed E-state index contributed by atoms with van der Waals surface area (Å²) >= 11 is 14.1. The Hall–Kier alpha value is -1.46. The van der Waals surface area contributed by atoms with Gasteiger partial charge in [-0.1, -0.05) is 41.4 Å². The monoisotopic (exact) mass is 418 g/mol. The number of hydrogen-bond acceptors (Lipinski definition) is 3. The molecule has 3 nitrogen and oxygen atoms in total. The Kier molecular flexibility index (Phi) is 5.79. The van der Waals surface area contributed by atoms with Gasteiger partial charge in [-0.25, -0.2) is 0 Å². The first-order chi connectivity index (χ1) is 13.1. The lowest BCUT2D eigenvalue weighted by molar-refractivity contribution is 0.277. The number of aliphatic hydroxyl groups is 1. The molecule has 2 heterocycles. The van der Waals surface area contributed by atoms with Crippen molar-refractivity contribution in [2.24, 2.45) is 0 Å². The van der Waals surface area contributed by atoms with Crippen molar-refractivity contribution in [2.45, 2.75) is 48.3 Å². The molecule has 0 bridgehead atoms. The van der Waals surface area contributed by atoms with Crippen LogP contribution in [0.4, 0.5) is 0 Å². The first-order valence-electron chi connectivity index (χ1n) is 8.99. The molecule has 1 saturated carbocycles. The normalized spacial score (nSPS) is 14.3. The van der Waals surface area contributed by atoms with Crippen molar-refractivity contribution in [1.82, 2.24) is 9.55 Å². The van der Waals surface area contributed by atoms with Gasteiger partial charge in [0.2, 0.25) is 0 Å². The van der Waals surface area contributed by atoms with E-state index in [2.05, 4.69) is 15.7 Å². The van der Waals surface area contributed by atoms with Crippen molar-refractivity contribution in [3.05, 3.63) is 75.7 Å². The summed E-state index contributed by atoms with van der Waals surface area (Å²) < 4.78 is 2.23. The summed E-state index contributed by atoms with van der Waals surface area (Å²) in [5, 5.41) is 12.4. The molecule has 0 aliphatic heterocycles. The SMILES string of the molecule is OCc1cn(Cc2ccncc2)c(Sc2cc(Cl)cc(Cl)c2)c1C1CCC1. The summed E-state index contributed by atoms with van der Waals surface area (Å²) in [4.78, 5) is 5.11. The van der Waals surface area contributed by atoms with Crippen LogP contribution >= 0.6 is 35.0 Å². The predicted octanol–water partition coefficient (Wildman–Crippen LogP) is 6.15. The second kappa shape index (κ2) is 8.27. The molecule has 4 rings (SSSR count). The first-order valence-corrected chi connectivity index (χ1v) is 10.6. The molecular formula is C21H20Cl2N2OS. The largest absolute Gasteiger partial charge is 0.392 e. The Balaban J connectivity index is 1.76. The van der Waals surface area contributed by atoms with E-state index in [1.54, 1.807) is 17.8 Å². The molecule has 1 aliphatic carbocycles. The van der Waals surface area contributed by atoms with Crippen LogP contribution in [0.2, 0.25) is 10.0 Å². The molecule has 140 valence electrons. The Morgan fingerprint density at radius 2 is 1.81 bits per heavy atom. The Labute approximate surface area is 173 Å². The summed E-state index contributed by atoms with van der Waals surface area (Å²) in [6.07, 6.45) is 9.30. The lowest BCUT2D eigenvalue weighted by Gasteiger charge is -2.27. The first kappa shape index (κ1) is 18.9. The van der Waals surface area contributed by atoms with E-state index in [1.165, 1.54) is 35.4 Å². The lowest BCUT2D eigenvalue weighted by Crippen LogP contribution is -2.11. The Morgan fingerprint density at radius 1 is 1.11 bits per heavy atom. The van der Waals surface area contributed by atoms with Crippen LogP contribution in [0, 0.1) is 0 Å². The molecule has 3 aromatic rings. The molecule has 2 aromatic heterocycles. The molecule has 1 aromatic carbocycles. The molecule has 6 heteroatoms. The Morgan fingerprint density at radius 3 is 2.41 bits per heavy atom. The zero-order valence-electron chi connectivity index (χ0n) is 14.7. The van der Waals surface area contributed by atoms with Crippen molar-refractivity contribution in [1.29, 1.82) is 0 Å². The molecule has 0 radical (unpaired) electrons. The van der Waals surface area contributed by atoms with E-state index in [0.29, 0.717) is 16.0 Å². The van der Waals surface area contributed by atoms with Gasteiger partial charge in [0.25, 0.3) is 0 Å². The molecule has 0 unspecified atom stereocenters. The van der Waals surface area contributed by atoms with E-state index in [4.69, 9.17) is 23.2 Å². The molecule has 1 N–H and O–H groups in total. The number of benzene rings is 1. The van der Waals surface area contributed by atoms with E-state index in [9.17, 15) is 5.11 Å². The third-order valence-electron chi connectivity index (χ3n) is 4.99. The maximum absolute atomic E-state index is 9.97. The van der Waals surface area contributed by atoms with Gasteiger partial charge in [0.05, 0.1) is 11.6 Å². The van der Waals surface area contributed by atoms with Crippen LogP contribution in [-0.4, -0.2) is 14.7 Å². The van der Waals surface area contributed by atoms with Crippen molar-refractivity contribution in [2.75, 3.05) is 0 Å². The fraction of sp³-hybridized carbons (Fsp3) is 0.286. The van der Waals surface area contributed by atoms with Crippen molar-refractivity contribution in [3.63, 3.8) is 0 Å². The zero-order chi connectivity index (χ0) is 18.8. The third-order valence-corrected chi connectivity index (χ3v) is 6.54. The molecule has 0 spiro atoms. The van der Waals surface area contributed by atoms with Crippen LogP contribution in [0.25, 0.3) is 0 Å².